The van der Waals surface area contributed by atoms with Gasteiger partial charge in [-0.15, -0.1) is 0 Å². The van der Waals surface area contributed by atoms with E-state index in [2.05, 4.69) is 0 Å². The SMILES string of the molecule is COc1ccc(CN(C(=O)CCC(=O)NO)[C@H]2c3ccccc3C[C@H]2O)cc1O. The average Bonchev–Trinajstić information content (AvgIpc) is 3.05. The molecule has 0 bridgehead atoms. The van der Waals surface area contributed by atoms with Gasteiger partial charge in [0.15, 0.2) is 11.5 Å². The highest BCUT2D eigenvalue weighted by molar-refractivity contribution is 5.83. The van der Waals surface area contributed by atoms with Crippen molar-refractivity contribution in [3.05, 3.63) is 59.2 Å². The predicted octanol–water partition coefficient (Wildman–Crippen LogP) is 1.67. The Morgan fingerprint density at radius 3 is 2.66 bits per heavy atom. The highest BCUT2D eigenvalue weighted by atomic mass is 16.5. The molecule has 2 aromatic carbocycles. The summed E-state index contributed by atoms with van der Waals surface area (Å²) in [6.07, 6.45) is -0.658. The van der Waals surface area contributed by atoms with Gasteiger partial charge in [-0.2, -0.15) is 0 Å². The number of hydrogen-bond donors (Lipinski definition) is 4. The summed E-state index contributed by atoms with van der Waals surface area (Å²) in [5.41, 5.74) is 3.99. The summed E-state index contributed by atoms with van der Waals surface area (Å²) in [6, 6.07) is 11.8. The number of phenolic OH excluding ortho intramolecular Hbond substituents is 1. The molecule has 8 nitrogen and oxygen atoms in total. The van der Waals surface area contributed by atoms with Gasteiger partial charge in [0.2, 0.25) is 11.8 Å². The van der Waals surface area contributed by atoms with Crippen molar-refractivity contribution in [2.45, 2.75) is 38.0 Å². The lowest BCUT2D eigenvalue weighted by molar-refractivity contribution is -0.140. The standard InChI is InChI=1S/C21H24N2O6/c1-29-18-7-6-13(10-16(18)24)12-23(20(27)9-8-19(26)22-28)21-15-5-3-2-4-14(15)11-17(21)25/h2-7,10,17,21,24-25,28H,8-9,11-12H2,1H3,(H,22,26)/t17-,21+/m1/s1. The fourth-order valence-corrected chi connectivity index (χ4v) is 3.72. The number of phenols is 1. The van der Waals surface area contributed by atoms with E-state index < -0.39 is 18.1 Å². The minimum Gasteiger partial charge on any atom is -0.504 e. The van der Waals surface area contributed by atoms with E-state index >= 15 is 0 Å². The van der Waals surface area contributed by atoms with E-state index in [1.165, 1.54) is 23.6 Å². The third-order valence-corrected chi connectivity index (χ3v) is 5.11. The Morgan fingerprint density at radius 2 is 1.97 bits per heavy atom. The van der Waals surface area contributed by atoms with Crippen molar-refractivity contribution < 1.29 is 29.7 Å². The molecule has 8 heteroatoms. The summed E-state index contributed by atoms with van der Waals surface area (Å²) in [6.45, 7) is 0.132. The molecule has 1 aliphatic rings. The lowest BCUT2D eigenvalue weighted by Crippen LogP contribution is -2.39. The van der Waals surface area contributed by atoms with Crippen LogP contribution in [-0.2, 0) is 22.6 Å². The number of carbonyl (C=O) groups excluding carboxylic acids is 2. The minimum absolute atomic E-state index is 0.0515. The van der Waals surface area contributed by atoms with Crippen molar-refractivity contribution >= 4 is 11.8 Å². The van der Waals surface area contributed by atoms with Gasteiger partial charge in [0, 0.05) is 25.8 Å². The van der Waals surface area contributed by atoms with Gasteiger partial charge in [-0.25, -0.2) is 5.48 Å². The summed E-state index contributed by atoms with van der Waals surface area (Å²) in [5.74, 6) is -0.737. The number of amides is 2. The number of hydroxylamine groups is 1. The highest BCUT2D eigenvalue weighted by Gasteiger charge is 2.37. The van der Waals surface area contributed by atoms with Gasteiger partial charge in [0.25, 0.3) is 0 Å². The van der Waals surface area contributed by atoms with Gasteiger partial charge in [0.05, 0.1) is 19.3 Å². The number of aromatic hydroxyl groups is 1. The molecular formula is C21H24N2O6. The van der Waals surface area contributed by atoms with Crippen LogP contribution in [0.15, 0.2) is 42.5 Å². The average molecular weight is 400 g/mol. The van der Waals surface area contributed by atoms with Crippen LogP contribution >= 0.6 is 0 Å². The van der Waals surface area contributed by atoms with Crippen molar-refractivity contribution in [2.75, 3.05) is 7.11 Å². The Kier molecular flexibility index (Phi) is 6.36. The molecule has 0 aliphatic heterocycles. The summed E-state index contributed by atoms with van der Waals surface area (Å²) >= 11 is 0. The molecule has 0 spiro atoms. The zero-order valence-electron chi connectivity index (χ0n) is 16.0. The molecule has 4 N–H and O–H groups in total. The number of aliphatic hydroxyl groups is 1. The van der Waals surface area contributed by atoms with Crippen LogP contribution in [0, 0.1) is 0 Å². The Labute approximate surface area is 168 Å². The number of hydrogen-bond acceptors (Lipinski definition) is 6. The lowest BCUT2D eigenvalue weighted by atomic mass is 10.0. The maximum absolute atomic E-state index is 13.0. The second-order valence-corrected chi connectivity index (χ2v) is 6.98. The van der Waals surface area contributed by atoms with Crippen LogP contribution in [0.3, 0.4) is 0 Å². The van der Waals surface area contributed by atoms with Crippen LogP contribution in [0.25, 0.3) is 0 Å². The Hall–Kier alpha value is -3.10. The topological polar surface area (TPSA) is 119 Å². The van der Waals surface area contributed by atoms with Crippen LogP contribution in [0.1, 0.15) is 35.6 Å². The van der Waals surface area contributed by atoms with Gasteiger partial charge in [0.1, 0.15) is 0 Å². The van der Waals surface area contributed by atoms with Crippen LogP contribution < -0.4 is 10.2 Å². The molecule has 0 radical (unpaired) electrons. The predicted molar refractivity (Wildman–Crippen MR) is 103 cm³/mol. The molecule has 0 saturated carbocycles. The molecule has 2 aromatic rings. The first-order valence-electron chi connectivity index (χ1n) is 9.28. The maximum atomic E-state index is 13.0. The lowest BCUT2D eigenvalue weighted by Gasteiger charge is -2.32. The van der Waals surface area contributed by atoms with Gasteiger partial charge >= 0.3 is 0 Å². The first-order chi connectivity index (χ1) is 13.9. The summed E-state index contributed by atoms with van der Waals surface area (Å²) < 4.78 is 5.05. The van der Waals surface area contributed by atoms with E-state index in [1.54, 1.807) is 12.1 Å². The normalized spacial score (nSPS) is 17.5. The number of ether oxygens (including phenoxy) is 1. The Morgan fingerprint density at radius 1 is 1.21 bits per heavy atom. The second kappa shape index (κ2) is 8.93. The van der Waals surface area contributed by atoms with Crippen LogP contribution in [0.2, 0.25) is 0 Å². The number of nitrogens with zero attached hydrogens (tertiary/aromatic N) is 1. The number of benzene rings is 2. The molecule has 29 heavy (non-hydrogen) atoms. The zero-order chi connectivity index (χ0) is 21.0. The zero-order valence-corrected chi connectivity index (χ0v) is 16.0. The molecule has 2 amide bonds. The fourth-order valence-electron chi connectivity index (χ4n) is 3.72. The molecule has 0 heterocycles. The minimum atomic E-state index is -0.783. The molecule has 154 valence electrons. The van der Waals surface area contributed by atoms with Crippen molar-refractivity contribution in [2.24, 2.45) is 0 Å². The first kappa shape index (κ1) is 20.6. The van der Waals surface area contributed by atoms with E-state index in [0.717, 1.165) is 11.1 Å². The summed E-state index contributed by atoms with van der Waals surface area (Å²) in [4.78, 5) is 25.9. The highest BCUT2D eigenvalue weighted by Crippen LogP contribution is 2.38. The van der Waals surface area contributed by atoms with E-state index in [9.17, 15) is 19.8 Å². The molecule has 0 aromatic heterocycles. The van der Waals surface area contributed by atoms with Crippen molar-refractivity contribution in [1.82, 2.24) is 10.4 Å². The molecule has 0 fully saturated rings. The quantitative estimate of drug-likeness (QED) is 0.415. The fraction of sp³-hybridized carbons (Fsp3) is 0.333. The largest absolute Gasteiger partial charge is 0.504 e. The number of methoxy groups -OCH3 is 1. The third-order valence-electron chi connectivity index (χ3n) is 5.11. The van der Waals surface area contributed by atoms with Gasteiger partial charge in [-0.05, 0) is 28.8 Å². The van der Waals surface area contributed by atoms with E-state index in [1.807, 2.05) is 24.3 Å². The molecule has 3 rings (SSSR count). The van der Waals surface area contributed by atoms with E-state index in [4.69, 9.17) is 9.94 Å². The molecule has 1 aliphatic carbocycles. The van der Waals surface area contributed by atoms with Gasteiger partial charge in [-0.1, -0.05) is 30.3 Å². The maximum Gasteiger partial charge on any atom is 0.243 e. The number of fused-ring (bicyclic) bond motifs is 1. The van der Waals surface area contributed by atoms with Crippen LogP contribution in [0.5, 0.6) is 11.5 Å². The Bertz CT molecular complexity index is 900. The first-order valence-corrected chi connectivity index (χ1v) is 9.28. The van der Waals surface area contributed by atoms with Crippen molar-refractivity contribution in [3.63, 3.8) is 0 Å². The number of aliphatic hydroxyl groups excluding tert-OH is 1. The molecule has 2 atom stereocenters. The van der Waals surface area contributed by atoms with Crippen LogP contribution in [0.4, 0.5) is 0 Å². The molecule has 0 saturated heterocycles. The third kappa shape index (κ3) is 4.49. The molecule has 0 unspecified atom stereocenters. The van der Waals surface area contributed by atoms with E-state index in [-0.39, 0.29) is 31.0 Å². The second-order valence-electron chi connectivity index (χ2n) is 6.98. The monoisotopic (exact) mass is 400 g/mol. The summed E-state index contributed by atoms with van der Waals surface area (Å²) in [5, 5.41) is 29.4. The van der Waals surface area contributed by atoms with Crippen molar-refractivity contribution in [3.8, 4) is 11.5 Å². The Balaban J connectivity index is 1.90. The number of carbonyl (C=O) groups is 2. The smallest absolute Gasteiger partial charge is 0.243 e. The van der Waals surface area contributed by atoms with Crippen LogP contribution in [-0.4, -0.2) is 45.3 Å². The van der Waals surface area contributed by atoms with Gasteiger partial charge in [-0.3, -0.25) is 14.8 Å². The number of rotatable bonds is 7. The van der Waals surface area contributed by atoms with E-state index in [0.29, 0.717) is 17.7 Å². The number of nitrogens with one attached hydrogen (secondary N) is 1. The summed E-state index contributed by atoms with van der Waals surface area (Å²) in [7, 11) is 1.45. The molecular weight excluding hydrogens is 376 g/mol. The van der Waals surface area contributed by atoms with Gasteiger partial charge < -0.3 is 19.8 Å². The van der Waals surface area contributed by atoms with Crippen molar-refractivity contribution in [1.29, 1.82) is 0 Å².